The lowest BCUT2D eigenvalue weighted by Gasteiger charge is -2.16. The smallest absolute Gasteiger partial charge is 0.204 e. The minimum absolute atomic E-state index is 1.20. The van der Waals surface area contributed by atoms with Crippen LogP contribution in [0.1, 0.15) is 22.4 Å². The predicted octanol–water partition coefficient (Wildman–Crippen LogP) is 3.36. The van der Waals surface area contributed by atoms with Crippen molar-refractivity contribution in [2.24, 2.45) is 7.05 Å². The Morgan fingerprint density at radius 2 is 1.65 bits per heavy atom. The molecule has 0 N–H and O–H groups in total. The second-order valence-corrected chi connectivity index (χ2v) is 5.46. The van der Waals surface area contributed by atoms with Gasteiger partial charge in [-0.15, -0.1) is 0 Å². The minimum Gasteiger partial charge on any atom is -0.378 e. The number of hydrogen-bond acceptors (Lipinski definition) is 1. The van der Waals surface area contributed by atoms with Gasteiger partial charge in [-0.1, -0.05) is 0 Å². The molecule has 104 valence electrons. The zero-order valence-electron chi connectivity index (χ0n) is 13.0. The molecule has 2 nitrogen and oxygen atoms in total. The van der Waals surface area contributed by atoms with Crippen molar-refractivity contribution in [2.45, 2.75) is 13.8 Å². The standard InChI is InChI=1S/C18H23N2/c1-14-12-17(19(3)4)13-15(2)18(14)10-9-16-8-6-7-11-20(16)5/h6-13H,1-5H3/q+1. The Labute approximate surface area is 122 Å². The van der Waals surface area contributed by atoms with Crippen LogP contribution in [0.4, 0.5) is 5.69 Å². The summed E-state index contributed by atoms with van der Waals surface area (Å²) >= 11 is 0. The van der Waals surface area contributed by atoms with Crippen molar-refractivity contribution in [3.8, 4) is 0 Å². The highest BCUT2D eigenvalue weighted by molar-refractivity contribution is 5.72. The normalized spacial score (nSPS) is 11.1. The second kappa shape index (κ2) is 5.91. The highest BCUT2D eigenvalue weighted by atomic mass is 15.1. The van der Waals surface area contributed by atoms with Gasteiger partial charge < -0.3 is 4.90 Å². The minimum atomic E-state index is 1.20. The van der Waals surface area contributed by atoms with Crippen LogP contribution in [0.3, 0.4) is 0 Å². The lowest BCUT2D eigenvalue weighted by molar-refractivity contribution is -0.673. The monoisotopic (exact) mass is 267 g/mol. The average molecular weight is 267 g/mol. The molecule has 1 heterocycles. The first-order valence-corrected chi connectivity index (χ1v) is 6.90. The molecule has 2 aromatic rings. The van der Waals surface area contributed by atoms with E-state index in [0.717, 1.165) is 0 Å². The Bertz CT molecular complexity index is 617. The lowest BCUT2D eigenvalue weighted by atomic mass is 10.0. The summed E-state index contributed by atoms with van der Waals surface area (Å²) in [6, 6.07) is 10.7. The van der Waals surface area contributed by atoms with E-state index in [4.69, 9.17) is 0 Å². The molecule has 20 heavy (non-hydrogen) atoms. The van der Waals surface area contributed by atoms with Crippen molar-refractivity contribution < 1.29 is 4.57 Å². The molecule has 0 aliphatic heterocycles. The third-order valence-electron chi connectivity index (χ3n) is 3.61. The summed E-state index contributed by atoms with van der Waals surface area (Å²) in [5, 5.41) is 0. The molecule has 0 atom stereocenters. The molecule has 2 heteroatoms. The number of benzene rings is 1. The van der Waals surface area contributed by atoms with Crippen LogP contribution in [-0.4, -0.2) is 14.1 Å². The summed E-state index contributed by atoms with van der Waals surface area (Å²) in [5.41, 5.74) is 6.37. The van der Waals surface area contributed by atoms with Gasteiger partial charge in [0, 0.05) is 38.0 Å². The zero-order valence-corrected chi connectivity index (χ0v) is 13.0. The Morgan fingerprint density at radius 3 is 2.20 bits per heavy atom. The fraction of sp³-hybridized carbons (Fsp3) is 0.278. The molecular formula is C18H23N2+. The highest BCUT2D eigenvalue weighted by Gasteiger charge is 2.05. The van der Waals surface area contributed by atoms with Crippen LogP contribution in [-0.2, 0) is 7.05 Å². The van der Waals surface area contributed by atoms with E-state index >= 15 is 0 Å². The van der Waals surface area contributed by atoms with Crippen LogP contribution in [0.2, 0.25) is 0 Å². The van der Waals surface area contributed by atoms with Gasteiger partial charge in [0.05, 0.1) is 0 Å². The maximum absolute atomic E-state index is 2.23. The van der Waals surface area contributed by atoms with Gasteiger partial charge in [0.25, 0.3) is 0 Å². The van der Waals surface area contributed by atoms with Crippen molar-refractivity contribution in [3.63, 3.8) is 0 Å². The van der Waals surface area contributed by atoms with Gasteiger partial charge in [-0.3, -0.25) is 0 Å². The molecule has 1 aromatic carbocycles. The fourth-order valence-corrected chi connectivity index (χ4v) is 2.35. The molecule has 0 fully saturated rings. The molecule has 2 rings (SSSR count). The summed E-state index contributed by atoms with van der Waals surface area (Å²) < 4.78 is 2.12. The summed E-state index contributed by atoms with van der Waals surface area (Å²) in [7, 11) is 6.22. The molecule has 0 spiro atoms. The van der Waals surface area contributed by atoms with E-state index in [0.29, 0.717) is 0 Å². The van der Waals surface area contributed by atoms with Crippen LogP contribution in [0, 0.1) is 13.8 Å². The van der Waals surface area contributed by atoms with Gasteiger partial charge >= 0.3 is 0 Å². The van der Waals surface area contributed by atoms with Crippen molar-refractivity contribution in [1.82, 2.24) is 0 Å². The summed E-state index contributed by atoms with van der Waals surface area (Å²) in [6.45, 7) is 4.34. The molecule has 0 aliphatic carbocycles. The van der Waals surface area contributed by atoms with Gasteiger partial charge in [-0.25, -0.2) is 4.57 Å². The first kappa shape index (κ1) is 14.3. The van der Waals surface area contributed by atoms with E-state index < -0.39 is 0 Å². The quantitative estimate of drug-likeness (QED) is 0.773. The first-order chi connectivity index (χ1) is 9.49. The molecule has 0 saturated carbocycles. The lowest BCUT2D eigenvalue weighted by Crippen LogP contribution is -2.30. The zero-order chi connectivity index (χ0) is 14.7. The van der Waals surface area contributed by atoms with Gasteiger partial charge in [-0.05, 0) is 54.8 Å². The van der Waals surface area contributed by atoms with E-state index in [1.165, 1.54) is 28.1 Å². The second-order valence-electron chi connectivity index (χ2n) is 5.46. The van der Waals surface area contributed by atoms with Crippen LogP contribution >= 0.6 is 0 Å². The van der Waals surface area contributed by atoms with E-state index in [1.54, 1.807) is 0 Å². The number of hydrogen-bond donors (Lipinski definition) is 0. The summed E-state index contributed by atoms with van der Waals surface area (Å²) in [5.74, 6) is 0. The third kappa shape index (κ3) is 3.08. The number of nitrogens with zero attached hydrogens (tertiary/aromatic N) is 2. The molecule has 0 unspecified atom stereocenters. The topological polar surface area (TPSA) is 7.12 Å². The molecule has 0 radical (unpaired) electrons. The largest absolute Gasteiger partial charge is 0.378 e. The van der Waals surface area contributed by atoms with E-state index in [1.807, 2.05) is 6.07 Å². The van der Waals surface area contributed by atoms with Crippen molar-refractivity contribution >= 4 is 17.8 Å². The molecule has 0 amide bonds. The predicted molar refractivity (Wildman–Crippen MR) is 86.8 cm³/mol. The van der Waals surface area contributed by atoms with Crippen molar-refractivity contribution in [3.05, 3.63) is 58.9 Å². The van der Waals surface area contributed by atoms with Crippen molar-refractivity contribution in [2.75, 3.05) is 19.0 Å². The fourth-order valence-electron chi connectivity index (χ4n) is 2.35. The van der Waals surface area contributed by atoms with Crippen LogP contribution < -0.4 is 9.47 Å². The Kier molecular flexibility index (Phi) is 4.23. The SMILES string of the molecule is Cc1cc(N(C)C)cc(C)c1/C=C/c1cccc[n+]1C. The number of anilines is 1. The van der Waals surface area contributed by atoms with Crippen LogP contribution in [0.25, 0.3) is 12.2 Å². The molecule has 0 saturated heterocycles. The first-order valence-electron chi connectivity index (χ1n) is 6.90. The van der Waals surface area contributed by atoms with Gasteiger partial charge in [0.1, 0.15) is 7.05 Å². The van der Waals surface area contributed by atoms with E-state index in [-0.39, 0.29) is 0 Å². The number of aromatic nitrogens is 1. The Morgan fingerprint density at radius 1 is 1.00 bits per heavy atom. The maximum Gasteiger partial charge on any atom is 0.204 e. The third-order valence-corrected chi connectivity index (χ3v) is 3.61. The molecule has 1 aromatic heterocycles. The number of rotatable bonds is 3. The van der Waals surface area contributed by atoms with Crippen LogP contribution in [0.15, 0.2) is 36.5 Å². The van der Waals surface area contributed by atoms with E-state index in [9.17, 15) is 0 Å². The Hall–Kier alpha value is -2.09. The molecule has 0 aliphatic rings. The summed E-state index contributed by atoms with van der Waals surface area (Å²) in [6.07, 6.45) is 6.44. The Balaban J connectivity index is 2.37. The maximum atomic E-state index is 2.23. The molecular weight excluding hydrogens is 244 g/mol. The van der Waals surface area contributed by atoms with E-state index in [2.05, 4.69) is 87.1 Å². The number of pyridine rings is 1. The summed E-state index contributed by atoms with van der Waals surface area (Å²) in [4.78, 5) is 2.14. The van der Waals surface area contributed by atoms with Crippen molar-refractivity contribution in [1.29, 1.82) is 0 Å². The highest BCUT2D eigenvalue weighted by Crippen LogP contribution is 2.23. The van der Waals surface area contributed by atoms with Gasteiger partial charge in [0.15, 0.2) is 6.20 Å². The number of aryl methyl sites for hydroxylation is 3. The average Bonchev–Trinajstić information content (AvgIpc) is 2.39. The van der Waals surface area contributed by atoms with Gasteiger partial charge in [0.2, 0.25) is 5.69 Å². The van der Waals surface area contributed by atoms with Gasteiger partial charge in [-0.2, -0.15) is 0 Å². The molecule has 0 bridgehead atoms. The van der Waals surface area contributed by atoms with Crippen LogP contribution in [0.5, 0.6) is 0 Å².